The van der Waals surface area contributed by atoms with Crippen molar-refractivity contribution in [3.05, 3.63) is 0 Å². The van der Waals surface area contributed by atoms with Gasteiger partial charge in [-0.1, -0.05) is 6.92 Å². The molecule has 0 aromatic heterocycles. The molecule has 1 aliphatic rings. The van der Waals surface area contributed by atoms with E-state index in [-0.39, 0.29) is 25.6 Å². The van der Waals surface area contributed by atoms with Crippen molar-refractivity contribution < 1.29 is 19.8 Å². The molecule has 1 saturated heterocycles. The lowest BCUT2D eigenvalue weighted by Gasteiger charge is -2.36. The van der Waals surface area contributed by atoms with E-state index in [1.165, 1.54) is 0 Å². The second-order valence-corrected chi connectivity index (χ2v) is 4.37. The number of hydrogen-bond donors (Lipinski definition) is 3. The molecule has 17 heavy (non-hydrogen) atoms. The first-order valence-electron chi connectivity index (χ1n) is 5.94. The number of aliphatic hydroxyl groups excluding tert-OH is 1. The van der Waals surface area contributed by atoms with Crippen LogP contribution in [0.5, 0.6) is 0 Å². The number of carbonyl (C=O) groups is 2. The van der Waals surface area contributed by atoms with Crippen LogP contribution in [0.25, 0.3) is 0 Å². The Kier molecular flexibility index (Phi) is 4.74. The van der Waals surface area contributed by atoms with Gasteiger partial charge in [0, 0.05) is 13.1 Å². The van der Waals surface area contributed by atoms with Gasteiger partial charge in [-0.3, -0.25) is 4.79 Å². The number of carboxylic acids is 1. The number of aliphatic carboxylic acids is 1. The molecule has 0 aliphatic carbocycles. The number of carbonyl (C=O) groups excluding carboxylic acids is 1. The van der Waals surface area contributed by atoms with Crippen molar-refractivity contribution in [2.45, 2.75) is 38.1 Å². The zero-order chi connectivity index (χ0) is 12.9. The van der Waals surface area contributed by atoms with Gasteiger partial charge in [-0.05, 0) is 19.3 Å². The lowest BCUT2D eigenvalue weighted by Crippen LogP contribution is -2.53. The quantitative estimate of drug-likeness (QED) is 0.653. The van der Waals surface area contributed by atoms with Gasteiger partial charge in [-0.25, -0.2) is 4.79 Å². The maximum atomic E-state index is 11.9. The summed E-state index contributed by atoms with van der Waals surface area (Å²) in [6.45, 7) is 2.64. The van der Waals surface area contributed by atoms with E-state index >= 15 is 0 Å². The summed E-state index contributed by atoms with van der Waals surface area (Å²) in [6.07, 6.45) is 2.29. The first-order valence-corrected chi connectivity index (χ1v) is 5.94. The number of urea groups is 1. The van der Waals surface area contributed by atoms with E-state index in [1.807, 2.05) is 6.92 Å². The van der Waals surface area contributed by atoms with Crippen LogP contribution in [0.2, 0.25) is 0 Å². The average Bonchev–Trinajstić information content (AvgIpc) is 2.72. The average molecular weight is 244 g/mol. The molecule has 6 heteroatoms. The zero-order valence-electron chi connectivity index (χ0n) is 10.1. The van der Waals surface area contributed by atoms with Crippen LogP contribution in [0, 0.1) is 0 Å². The molecule has 1 atom stereocenters. The number of nitrogens with one attached hydrogen (secondary N) is 1. The number of aliphatic hydroxyl groups is 1. The monoisotopic (exact) mass is 244 g/mol. The van der Waals surface area contributed by atoms with Gasteiger partial charge < -0.3 is 20.4 Å². The molecule has 0 saturated carbocycles. The number of amides is 2. The third-order valence-electron chi connectivity index (χ3n) is 3.41. The highest BCUT2D eigenvalue weighted by Crippen LogP contribution is 2.31. The Morgan fingerprint density at radius 2 is 2.18 bits per heavy atom. The Morgan fingerprint density at radius 3 is 2.71 bits per heavy atom. The van der Waals surface area contributed by atoms with Gasteiger partial charge in [0.1, 0.15) is 0 Å². The van der Waals surface area contributed by atoms with Crippen molar-refractivity contribution in [2.75, 3.05) is 19.7 Å². The summed E-state index contributed by atoms with van der Waals surface area (Å²) in [5.74, 6) is -0.935. The molecule has 0 radical (unpaired) electrons. The minimum atomic E-state index is -0.935. The van der Waals surface area contributed by atoms with Gasteiger partial charge >= 0.3 is 12.0 Å². The molecule has 98 valence electrons. The van der Waals surface area contributed by atoms with Crippen molar-refractivity contribution in [2.24, 2.45) is 0 Å². The van der Waals surface area contributed by atoms with Crippen LogP contribution < -0.4 is 5.32 Å². The molecule has 3 N–H and O–H groups in total. The molecule has 1 aliphatic heterocycles. The predicted molar refractivity (Wildman–Crippen MR) is 61.7 cm³/mol. The van der Waals surface area contributed by atoms with Crippen LogP contribution in [0.1, 0.15) is 32.6 Å². The van der Waals surface area contributed by atoms with Gasteiger partial charge in [0.25, 0.3) is 0 Å². The molecule has 6 nitrogen and oxygen atoms in total. The van der Waals surface area contributed by atoms with Crippen molar-refractivity contribution >= 4 is 12.0 Å². The Bertz CT molecular complexity index is 289. The molecule has 0 bridgehead atoms. The number of rotatable bonds is 5. The largest absolute Gasteiger partial charge is 0.481 e. The fraction of sp³-hybridized carbons (Fsp3) is 0.818. The molecular weight excluding hydrogens is 224 g/mol. The third-order valence-corrected chi connectivity index (χ3v) is 3.41. The SMILES string of the molecule is CCC1(CO)CCCN1C(=O)NCCC(=O)O. The summed E-state index contributed by atoms with van der Waals surface area (Å²) in [5.41, 5.74) is -0.465. The second-order valence-electron chi connectivity index (χ2n) is 4.37. The van der Waals surface area contributed by atoms with E-state index in [9.17, 15) is 14.7 Å². The van der Waals surface area contributed by atoms with Crippen molar-refractivity contribution in [3.63, 3.8) is 0 Å². The molecule has 1 unspecified atom stereocenters. The first kappa shape index (κ1) is 13.8. The Morgan fingerprint density at radius 1 is 1.47 bits per heavy atom. The molecule has 1 heterocycles. The summed E-state index contributed by atoms with van der Waals surface area (Å²) < 4.78 is 0. The van der Waals surface area contributed by atoms with Gasteiger partial charge in [-0.2, -0.15) is 0 Å². The standard InChI is InChI=1S/C11H20N2O4/c1-2-11(8-14)5-3-7-13(11)10(17)12-6-4-9(15)16/h14H,2-8H2,1H3,(H,12,17)(H,15,16). The lowest BCUT2D eigenvalue weighted by molar-refractivity contribution is -0.136. The Balaban J connectivity index is 2.53. The minimum Gasteiger partial charge on any atom is -0.481 e. The van der Waals surface area contributed by atoms with Crippen molar-refractivity contribution in [1.29, 1.82) is 0 Å². The fourth-order valence-electron chi connectivity index (χ4n) is 2.27. The number of nitrogens with zero attached hydrogens (tertiary/aromatic N) is 1. The van der Waals surface area contributed by atoms with E-state index in [2.05, 4.69) is 5.32 Å². The highest BCUT2D eigenvalue weighted by Gasteiger charge is 2.41. The fourth-order valence-corrected chi connectivity index (χ4v) is 2.27. The Labute approximate surface area is 101 Å². The number of likely N-dealkylation sites (tertiary alicyclic amines) is 1. The number of hydrogen-bond acceptors (Lipinski definition) is 3. The van der Waals surface area contributed by atoms with E-state index in [4.69, 9.17) is 5.11 Å². The van der Waals surface area contributed by atoms with E-state index in [0.29, 0.717) is 13.0 Å². The van der Waals surface area contributed by atoms with Crippen LogP contribution in [0.15, 0.2) is 0 Å². The highest BCUT2D eigenvalue weighted by atomic mass is 16.4. The van der Waals surface area contributed by atoms with E-state index < -0.39 is 11.5 Å². The van der Waals surface area contributed by atoms with Gasteiger partial charge in [-0.15, -0.1) is 0 Å². The molecule has 0 aromatic rings. The highest BCUT2D eigenvalue weighted by molar-refractivity contribution is 5.76. The Hall–Kier alpha value is -1.30. The van der Waals surface area contributed by atoms with Gasteiger partial charge in [0.05, 0.1) is 18.6 Å². The van der Waals surface area contributed by atoms with Gasteiger partial charge in [0.15, 0.2) is 0 Å². The summed E-state index contributed by atoms with van der Waals surface area (Å²) >= 11 is 0. The molecule has 2 amide bonds. The van der Waals surface area contributed by atoms with Crippen LogP contribution >= 0.6 is 0 Å². The van der Waals surface area contributed by atoms with E-state index in [0.717, 1.165) is 12.8 Å². The van der Waals surface area contributed by atoms with Crippen LogP contribution in [0.4, 0.5) is 4.79 Å². The smallest absolute Gasteiger partial charge is 0.317 e. The summed E-state index contributed by atoms with van der Waals surface area (Å²) in [4.78, 5) is 23.8. The molecular formula is C11H20N2O4. The predicted octanol–water partition coefficient (Wildman–Crippen LogP) is 0.408. The summed E-state index contributed by atoms with van der Waals surface area (Å²) in [7, 11) is 0. The minimum absolute atomic E-state index is 0.0458. The lowest BCUT2D eigenvalue weighted by atomic mass is 9.94. The van der Waals surface area contributed by atoms with Crippen LogP contribution in [0.3, 0.4) is 0 Å². The maximum Gasteiger partial charge on any atom is 0.317 e. The van der Waals surface area contributed by atoms with E-state index in [1.54, 1.807) is 4.90 Å². The topological polar surface area (TPSA) is 89.9 Å². The zero-order valence-corrected chi connectivity index (χ0v) is 10.1. The summed E-state index contributed by atoms with van der Waals surface area (Å²) in [5, 5.41) is 20.5. The number of carboxylic acid groups (broad SMARTS) is 1. The molecule has 1 fully saturated rings. The van der Waals surface area contributed by atoms with Gasteiger partial charge in [0.2, 0.25) is 0 Å². The molecule has 0 spiro atoms. The normalized spacial score (nSPS) is 23.8. The van der Waals surface area contributed by atoms with Crippen LogP contribution in [-0.4, -0.2) is 52.3 Å². The maximum absolute atomic E-state index is 11.9. The third kappa shape index (κ3) is 3.09. The van der Waals surface area contributed by atoms with Crippen LogP contribution in [-0.2, 0) is 4.79 Å². The molecule has 1 rings (SSSR count). The molecule has 0 aromatic carbocycles. The summed E-state index contributed by atoms with van der Waals surface area (Å²) in [6, 6.07) is -0.278. The first-order chi connectivity index (χ1) is 8.05. The van der Waals surface area contributed by atoms with Crippen molar-refractivity contribution in [3.8, 4) is 0 Å². The second kappa shape index (κ2) is 5.86. The van der Waals surface area contributed by atoms with Crippen molar-refractivity contribution in [1.82, 2.24) is 10.2 Å².